The zero-order valence-corrected chi connectivity index (χ0v) is 15.2. The van der Waals surface area contributed by atoms with Crippen molar-refractivity contribution in [2.24, 2.45) is 0 Å². The Morgan fingerprint density at radius 1 is 0.960 bits per heavy atom. The minimum Gasteiger partial charge on any atom is -0.288 e. The monoisotopic (exact) mass is 376 g/mol. The van der Waals surface area contributed by atoms with Crippen LogP contribution in [0, 0.1) is 6.92 Å². The van der Waals surface area contributed by atoms with Crippen LogP contribution in [-0.4, -0.2) is 38.0 Å². The topological polar surface area (TPSA) is 57.7 Å². The summed E-state index contributed by atoms with van der Waals surface area (Å²) in [7, 11) is -3.20. The molecule has 0 aliphatic carbocycles. The Hall–Kier alpha value is -2.05. The second-order valence-corrected chi connectivity index (χ2v) is 9.14. The minimum absolute atomic E-state index is 0.0194. The molecule has 4 rings (SSSR count). The van der Waals surface area contributed by atoms with Crippen LogP contribution >= 0.6 is 11.6 Å². The molecule has 2 fully saturated rings. The standard InChI is InChI=1S/C18H17ClN2O3S/c1-12-4-2-6-14(8-12)20-16-10-25(23,24)11-17(16)21(18(20)22)15-7-3-5-13(19)9-15/h2-9,16-17H,10-11H2,1H3/t16-,17+/m1/s1. The third-order valence-corrected chi connectivity index (χ3v) is 6.67. The molecule has 0 unspecified atom stereocenters. The van der Waals surface area contributed by atoms with Gasteiger partial charge in [0.2, 0.25) is 0 Å². The van der Waals surface area contributed by atoms with Gasteiger partial charge >= 0.3 is 6.03 Å². The summed E-state index contributed by atoms with van der Waals surface area (Å²) >= 11 is 6.07. The van der Waals surface area contributed by atoms with Crippen LogP contribution in [0.15, 0.2) is 48.5 Å². The molecule has 0 bridgehead atoms. The van der Waals surface area contributed by atoms with Gasteiger partial charge in [0.15, 0.2) is 9.84 Å². The predicted molar refractivity (Wildman–Crippen MR) is 99.2 cm³/mol. The van der Waals surface area contributed by atoms with Crippen molar-refractivity contribution >= 4 is 38.8 Å². The summed E-state index contributed by atoms with van der Waals surface area (Å²) < 4.78 is 24.5. The predicted octanol–water partition coefficient (Wildman–Crippen LogP) is 3.26. The number of aryl methyl sites for hydroxylation is 1. The molecule has 2 aliphatic rings. The number of hydrogen-bond donors (Lipinski definition) is 0. The third-order valence-electron chi connectivity index (χ3n) is 4.74. The molecule has 0 spiro atoms. The number of urea groups is 1. The molecule has 2 heterocycles. The Morgan fingerprint density at radius 3 is 2.08 bits per heavy atom. The van der Waals surface area contributed by atoms with Gasteiger partial charge in [-0.3, -0.25) is 9.80 Å². The van der Waals surface area contributed by atoms with Crippen molar-refractivity contribution in [1.82, 2.24) is 0 Å². The highest BCUT2D eigenvalue weighted by atomic mass is 35.5. The van der Waals surface area contributed by atoms with E-state index in [-0.39, 0.29) is 17.5 Å². The number of rotatable bonds is 2. The third kappa shape index (κ3) is 2.79. The fourth-order valence-electron chi connectivity index (χ4n) is 3.71. The summed E-state index contributed by atoms with van der Waals surface area (Å²) in [5, 5.41) is 0.511. The first-order valence-corrected chi connectivity index (χ1v) is 10.2. The van der Waals surface area contributed by atoms with Crippen LogP contribution in [0.3, 0.4) is 0 Å². The van der Waals surface area contributed by atoms with Crippen molar-refractivity contribution in [3.8, 4) is 0 Å². The smallest absolute Gasteiger partial charge is 0.288 e. The second kappa shape index (κ2) is 5.75. The van der Waals surface area contributed by atoms with Crippen LogP contribution in [0.1, 0.15) is 5.56 Å². The second-order valence-electron chi connectivity index (χ2n) is 6.55. The Labute approximate surface area is 151 Å². The molecule has 0 saturated carbocycles. The normalized spacial score (nSPS) is 24.6. The summed E-state index contributed by atoms with van der Waals surface area (Å²) in [6.07, 6.45) is 0. The SMILES string of the molecule is Cc1cccc(N2C(=O)N(c3cccc(Cl)c3)[C@H]3CS(=O)(=O)C[C@H]32)c1. The number of fused-ring (bicyclic) bond motifs is 1. The number of carbonyl (C=O) groups excluding carboxylic acids is 1. The lowest BCUT2D eigenvalue weighted by Gasteiger charge is -2.23. The van der Waals surface area contributed by atoms with Crippen LogP contribution in [0.5, 0.6) is 0 Å². The molecule has 2 amide bonds. The number of hydrogen-bond acceptors (Lipinski definition) is 3. The number of carbonyl (C=O) groups is 1. The van der Waals surface area contributed by atoms with Gasteiger partial charge in [0.1, 0.15) is 0 Å². The van der Waals surface area contributed by atoms with Crippen LogP contribution in [0.2, 0.25) is 5.02 Å². The van der Waals surface area contributed by atoms with E-state index in [4.69, 9.17) is 11.6 Å². The van der Waals surface area contributed by atoms with Gasteiger partial charge in [-0.1, -0.05) is 29.8 Å². The maximum atomic E-state index is 13.2. The lowest BCUT2D eigenvalue weighted by atomic mass is 10.1. The maximum Gasteiger partial charge on any atom is 0.329 e. The summed E-state index contributed by atoms with van der Waals surface area (Å²) in [5.41, 5.74) is 2.37. The van der Waals surface area contributed by atoms with E-state index in [0.717, 1.165) is 11.3 Å². The zero-order valence-electron chi connectivity index (χ0n) is 13.6. The molecule has 7 heteroatoms. The van der Waals surface area contributed by atoms with E-state index in [1.807, 2.05) is 31.2 Å². The van der Waals surface area contributed by atoms with Crippen LogP contribution in [0.25, 0.3) is 0 Å². The molecule has 5 nitrogen and oxygen atoms in total. The van der Waals surface area contributed by atoms with Gasteiger partial charge in [0, 0.05) is 16.4 Å². The number of benzene rings is 2. The Morgan fingerprint density at radius 2 is 1.52 bits per heavy atom. The molecule has 2 aliphatic heterocycles. The van der Waals surface area contributed by atoms with Gasteiger partial charge < -0.3 is 0 Å². The van der Waals surface area contributed by atoms with Crippen LogP contribution in [0.4, 0.5) is 16.2 Å². The largest absolute Gasteiger partial charge is 0.329 e. The molecule has 2 saturated heterocycles. The summed E-state index contributed by atoms with van der Waals surface area (Å²) in [6.45, 7) is 1.95. The van der Waals surface area contributed by atoms with E-state index in [1.165, 1.54) is 0 Å². The molecular weight excluding hydrogens is 360 g/mol. The Balaban J connectivity index is 1.83. The first-order chi connectivity index (χ1) is 11.9. The van der Waals surface area contributed by atoms with Crippen molar-refractivity contribution in [3.05, 3.63) is 59.1 Å². The van der Waals surface area contributed by atoms with Gasteiger partial charge in [0.25, 0.3) is 0 Å². The quantitative estimate of drug-likeness (QED) is 0.756. The Kier molecular flexibility index (Phi) is 3.77. The number of sulfone groups is 1. The van der Waals surface area contributed by atoms with E-state index in [0.29, 0.717) is 10.7 Å². The van der Waals surface area contributed by atoms with E-state index >= 15 is 0 Å². The molecule has 0 N–H and O–H groups in total. The molecular formula is C18H17ClN2O3S. The molecule has 130 valence electrons. The summed E-state index contributed by atoms with van der Waals surface area (Å²) in [5.74, 6) is -0.0490. The average molecular weight is 377 g/mol. The molecule has 0 aromatic heterocycles. The summed E-state index contributed by atoms with van der Waals surface area (Å²) in [6, 6.07) is 13.5. The van der Waals surface area contributed by atoms with E-state index < -0.39 is 21.9 Å². The van der Waals surface area contributed by atoms with Crippen molar-refractivity contribution < 1.29 is 13.2 Å². The van der Waals surface area contributed by atoms with Crippen LogP contribution < -0.4 is 9.80 Å². The molecule has 25 heavy (non-hydrogen) atoms. The minimum atomic E-state index is -3.20. The number of anilines is 2. The Bertz CT molecular complexity index is 891. The van der Waals surface area contributed by atoms with Crippen molar-refractivity contribution in [2.75, 3.05) is 21.3 Å². The zero-order chi connectivity index (χ0) is 17.8. The van der Waals surface area contributed by atoms with E-state index in [9.17, 15) is 13.2 Å². The number of nitrogens with zero attached hydrogens (tertiary/aromatic N) is 2. The lowest BCUT2D eigenvalue weighted by molar-refractivity contribution is 0.255. The fraction of sp³-hybridized carbons (Fsp3) is 0.278. The first kappa shape index (κ1) is 16.4. The highest BCUT2D eigenvalue weighted by Crippen LogP contribution is 2.38. The average Bonchev–Trinajstić information content (AvgIpc) is 2.95. The first-order valence-electron chi connectivity index (χ1n) is 8.01. The van der Waals surface area contributed by atoms with Gasteiger partial charge in [-0.15, -0.1) is 0 Å². The van der Waals surface area contributed by atoms with Gasteiger partial charge in [-0.2, -0.15) is 0 Å². The van der Waals surface area contributed by atoms with Gasteiger partial charge in [-0.25, -0.2) is 13.2 Å². The van der Waals surface area contributed by atoms with E-state index in [2.05, 4.69) is 0 Å². The van der Waals surface area contributed by atoms with Crippen molar-refractivity contribution in [2.45, 2.75) is 19.0 Å². The summed E-state index contributed by atoms with van der Waals surface area (Å²) in [4.78, 5) is 16.4. The molecule has 2 atom stereocenters. The number of halogens is 1. The highest BCUT2D eigenvalue weighted by Gasteiger charge is 2.54. The lowest BCUT2D eigenvalue weighted by Crippen LogP contribution is -2.37. The van der Waals surface area contributed by atoms with Gasteiger partial charge in [-0.05, 0) is 42.8 Å². The fourth-order valence-corrected chi connectivity index (χ4v) is 5.81. The number of amides is 2. The van der Waals surface area contributed by atoms with Crippen LogP contribution in [-0.2, 0) is 9.84 Å². The molecule has 0 radical (unpaired) electrons. The van der Waals surface area contributed by atoms with Crippen molar-refractivity contribution in [3.63, 3.8) is 0 Å². The molecule has 2 aromatic carbocycles. The van der Waals surface area contributed by atoms with Gasteiger partial charge in [0.05, 0.1) is 23.6 Å². The molecule has 2 aromatic rings. The maximum absolute atomic E-state index is 13.2. The highest BCUT2D eigenvalue weighted by molar-refractivity contribution is 7.91. The van der Waals surface area contributed by atoms with Crippen molar-refractivity contribution in [1.29, 1.82) is 0 Å². The van der Waals surface area contributed by atoms with E-state index in [1.54, 1.807) is 34.1 Å².